The quantitative estimate of drug-likeness (QED) is 0.170. The van der Waals surface area contributed by atoms with Crippen molar-refractivity contribution >= 4 is 49.8 Å². The van der Waals surface area contributed by atoms with Gasteiger partial charge in [-0.25, -0.2) is 9.97 Å². The van der Waals surface area contributed by atoms with E-state index in [4.69, 9.17) is 9.72 Å². The molecule has 196 valence electrons. The maximum Gasteiger partial charge on any atom is 0.301 e. The molecular formula is C30H26N4O4S. The number of anilines is 1. The molecule has 0 bridgehead atoms. The number of benzene rings is 2. The van der Waals surface area contributed by atoms with Crippen LogP contribution in [0.25, 0.3) is 21.6 Å². The highest BCUT2D eigenvalue weighted by atomic mass is 32.1. The third-order valence-electron chi connectivity index (χ3n) is 7.01. The summed E-state index contributed by atoms with van der Waals surface area (Å²) in [5, 5.41) is 12.0. The molecule has 1 amide bonds. The van der Waals surface area contributed by atoms with E-state index in [0.29, 0.717) is 39.9 Å². The van der Waals surface area contributed by atoms with E-state index in [0.717, 1.165) is 15.8 Å². The number of ketones is 1. The van der Waals surface area contributed by atoms with Gasteiger partial charge in [0.15, 0.2) is 10.9 Å². The van der Waals surface area contributed by atoms with Crippen LogP contribution in [0.2, 0.25) is 0 Å². The number of hydrogen-bond donors (Lipinski definition) is 1. The zero-order valence-electron chi connectivity index (χ0n) is 21.9. The first-order valence-corrected chi connectivity index (χ1v) is 13.5. The van der Waals surface area contributed by atoms with E-state index in [1.54, 1.807) is 0 Å². The second-order valence-electron chi connectivity index (χ2n) is 9.57. The van der Waals surface area contributed by atoms with Gasteiger partial charge in [0.2, 0.25) is 0 Å². The first kappa shape index (κ1) is 24.8. The second kappa shape index (κ2) is 9.36. The number of carbonyl (C=O) groups excluding carboxylic acids is 2. The number of amides is 1. The topological polar surface area (TPSA) is 97.0 Å². The molecule has 1 aliphatic heterocycles. The molecule has 1 unspecified atom stereocenters. The molecule has 39 heavy (non-hydrogen) atoms. The number of imidazole rings is 1. The highest BCUT2D eigenvalue weighted by Crippen LogP contribution is 2.45. The monoisotopic (exact) mass is 538 g/mol. The molecule has 1 saturated heterocycles. The lowest BCUT2D eigenvalue weighted by atomic mass is 9.96. The number of nitrogens with zero attached hydrogens (tertiary/aromatic N) is 4. The lowest BCUT2D eigenvalue weighted by molar-refractivity contribution is -0.132. The van der Waals surface area contributed by atoms with Gasteiger partial charge >= 0.3 is 5.91 Å². The third kappa shape index (κ3) is 3.97. The number of hydrogen-bond acceptors (Lipinski definition) is 7. The summed E-state index contributed by atoms with van der Waals surface area (Å²) in [7, 11) is 0. The molecule has 9 heteroatoms. The maximum atomic E-state index is 13.6. The number of aliphatic hydroxyl groups is 1. The molecule has 1 fully saturated rings. The number of pyridine rings is 1. The van der Waals surface area contributed by atoms with E-state index in [9.17, 15) is 14.7 Å². The van der Waals surface area contributed by atoms with Crippen molar-refractivity contribution in [1.29, 1.82) is 0 Å². The Morgan fingerprint density at radius 3 is 2.54 bits per heavy atom. The van der Waals surface area contributed by atoms with Crippen LogP contribution in [0, 0.1) is 20.8 Å². The van der Waals surface area contributed by atoms with Gasteiger partial charge in [0.05, 0.1) is 34.1 Å². The normalized spacial score (nSPS) is 17.0. The van der Waals surface area contributed by atoms with Crippen LogP contribution in [0.5, 0.6) is 5.75 Å². The predicted octanol–water partition coefficient (Wildman–Crippen LogP) is 5.89. The highest BCUT2D eigenvalue weighted by Gasteiger charge is 2.48. The SMILES string of the molecule is CCOc1ccc2nc(N3C(=O)C(=O)/C(=C(/O)c4nc5c(C)cccn5c4C)C3c3ccc(C)cc3)sc2c1. The van der Waals surface area contributed by atoms with E-state index < -0.39 is 17.7 Å². The summed E-state index contributed by atoms with van der Waals surface area (Å²) in [4.78, 5) is 38.0. The average molecular weight is 539 g/mol. The van der Waals surface area contributed by atoms with Crippen molar-refractivity contribution in [2.75, 3.05) is 11.5 Å². The maximum absolute atomic E-state index is 13.6. The Morgan fingerprint density at radius 2 is 1.82 bits per heavy atom. The van der Waals surface area contributed by atoms with Gasteiger partial charge in [-0.1, -0.05) is 47.2 Å². The van der Waals surface area contributed by atoms with Gasteiger partial charge < -0.3 is 14.2 Å². The van der Waals surface area contributed by atoms with Gasteiger partial charge in [-0.05, 0) is 63.1 Å². The first-order chi connectivity index (χ1) is 18.8. The van der Waals surface area contributed by atoms with Gasteiger partial charge in [0.25, 0.3) is 5.78 Å². The first-order valence-electron chi connectivity index (χ1n) is 12.6. The van der Waals surface area contributed by atoms with Crippen molar-refractivity contribution in [3.05, 3.63) is 94.4 Å². The fourth-order valence-electron chi connectivity index (χ4n) is 5.02. The lowest BCUT2D eigenvalue weighted by Crippen LogP contribution is -2.29. The fraction of sp³-hybridized carbons (Fsp3) is 0.200. The van der Waals surface area contributed by atoms with Gasteiger partial charge in [0.1, 0.15) is 17.1 Å². The summed E-state index contributed by atoms with van der Waals surface area (Å²) >= 11 is 1.30. The fourth-order valence-corrected chi connectivity index (χ4v) is 6.04. The van der Waals surface area contributed by atoms with Crippen LogP contribution in [0.15, 0.2) is 66.4 Å². The average Bonchev–Trinajstić information content (AvgIpc) is 3.57. The van der Waals surface area contributed by atoms with E-state index >= 15 is 0 Å². The Morgan fingerprint density at radius 1 is 1.05 bits per heavy atom. The molecule has 1 aliphatic rings. The number of aromatic nitrogens is 3. The van der Waals surface area contributed by atoms with Gasteiger partial charge in [-0.3, -0.25) is 14.5 Å². The summed E-state index contributed by atoms with van der Waals surface area (Å²) in [6, 6.07) is 16.1. The van der Waals surface area contributed by atoms with Crippen molar-refractivity contribution in [3.63, 3.8) is 0 Å². The lowest BCUT2D eigenvalue weighted by Gasteiger charge is -2.23. The number of ether oxygens (including phenoxy) is 1. The number of thiazole rings is 1. The van der Waals surface area contributed by atoms with Gasteiger partial charge in [-0.15, -0.1) is 0 Å². The van der Waals surface area contributed by atoms with Crippen molar-refractivity contribution in [1.82, 2.24) is 14.4 Å². The molecular weight excluding hydrogens is 512 g/mol. The van der Waals surface area contributed by atoms with Crippen LogP contribution in [0.4, 0.5) is 5.13 Å². The molecule has 0 saturated carbocycles. The van der Waals surface area contributed by atoms with Crippen LogP contribution in [0.3, 0.4) is 0 Å². The Labute approximate surface area is 228 Å². The van der Waals surface area contributed by atoms with Crippen LogP contribution < -0.4 is 9.64 Å². The number of Topliss-reactive ketones (excluding diaryl/α,β-unsaturated/α-hetero) is 1. The van der Waals surface area contributed by atoms with Crippen molar-refractivity contribution < 1.29 is 19.4 Å². The van der Waals surface area contributed by atoms with Crippen LogP contribution in [-0.2, 0) is 9.59 Å². The summed E-state index contributed by atoms with van der Waals surface area (Å²) < 4.78 is 8.32. The van der Waals surface area contributed by atoms with Crippen LogP contribution >= 0.6 is 11.3 Å². The third-order valence-corrected chi connectivity index (χ3v) is 8.03. The van der Waals surface area contributed by atoms with Crippen molar-refractivity contribution in [2.45, 2.75) is 33.7 Å². The van der Waals surface area contributed by atoms with E-state index in [-0.39, 0.29) is 17.0 Å². The molecule has 2 aromatic carbocycles. The molecule has 3 aromatic heterocycles. The Bertz CT molecular complexity index is 1820. The van der Waals surface area contributed by atoms with E-state index in [2.05, 4.69) is 4.98 Å². The van der Waals surface area contributed by atoms with E-state index in [1.807, 2.05) is 92.9 Å². The van der Waals surface area contributed by atoms with Crippen LogP contribution in [0.1, 0.15) is 41.0 Å². The largest absolute Gasteiger partial charge is 0.505 e. The number of aryl methyl sites for hydroxylation is 3. The molecule has 0 radical (unpaired) electrons. The van der Waals surface area contributed by atoms with E-state index in [1.165, 1.54) is 16.2 Å². The smallest absolute Gasteiger partial charge is 0.301 e. The minimum atomic E-state index is -0.872. The number of aliphatic hydroxyl groups excluding tert-OH is 1. The Kier molecular flexibility index (Phi) is 5.95. The molecule has 8 nitrogen and oxygen atoms in total. The predicted molar refractivity (Wildman–Crippen MR) is 151 cm³/mol. The van der Waals surface area contributed by atoms with Crippen molar-refractivity contribution in [3.8, 4) is 5.75 Å². The second-order valence-corrected chi connectivity index (χ2v) is 10.6. The molecule has 4 heterocycles. The van der Waals surface area contributed by atoms with Crippen molar-refractivity contribution in [2.24, 2.45) is 0 Å². The zero-order valence-corrected chi connectivity index (χ0v) is 22.7. The van der Waals surface area contributed by atoms with Gasteiger partial charge in [0, 0.05) is 6.20 Å². The molecule has 1 atom stereocenters. The summed E-state index contributed by atoms with van der Waals surface area (Å²) in [5.74, 6) is -1.12. The molecule has 1 N–H and O–H groups in total. The molecule has 5 aromatic rings. The zero-order chi connectivity index (χ0) is 27.4. The standard InChI is InChI=1S/C30H26N4O4S/c1-5-38-20-12-13-21-22(15-20)39-30(31-21)34-25(19-10-8-16(2)9-11-19)23(27(36)29(34)37)26(35)24-18(4)33-14-6-7-17(3)28(33)32-24/h6-15,25,35H,5H2,1-4H3/b26-23+. The Hall–Kier alpha value is -4.50. The summed E-state index contributed by atoms with van der Waals surface area (Å²) in [6.45, 7) is 8.17. The molecule has 6 rings (SSSR count). The van der Waals surface area contributed by atoms with Crippen LogP contribution in [-0.4, -0.2) is 37.8 Å². The Balaban J connectivity index is 1.56. The summed E-state index contributed by atoms with van der Waals surface area (Å²) in [6.07, 6.45) is 1.86. The minimum absolute atomic E-state index is 0.0118. The minimum Gasteiger partial charge on any atom is -0.505 e. The van der Waals surface area contributed by atoms with Gasteiger partial charge in [-0.2, -0.15) is 0 Å². The number of carbonyl (C=O) groups is 2. The molecule has 0 aliphatic carbocycles. The summed E-state index contributed by atoms with van der Waals surface area (Å²) in [5.41, 5.74) is 4.94. The molecule has 0 spiro atoms. The highest BCUT2D eigenvalue weighted by molar-refractivity contribution is 7.22. The number of fused-ring (bicyclic) bond motifs is 2. The number of rotatable bonds is 5.